The molecule has 3 atom stereocenters. The first kappa shape index (κ1) is 12.3. The Kier molecular flexibility index (Phi) is 4.87. The molecule has 0 amide bonds. The van der Waals surface area contributed by atoms with Gasteiger partial charge >= 0.3 is 5.97 Å². The molecule has 0 saturated carbocycles. The van der Waals surface area contributed by atoms with Crippen molar-refractivity contribution in [2.24, 2.45) is 11.7 Å². The highest BCUT2D eigenvalue weighted by molar-refractivity contribution is 5.72. The van der Waals surface area contributed by atoms with Gasteiger partial charge in [-0.2, -0.15) is 0 Å². The summed E-state index contributed by atoms with van der Waals surface area (Å²) in [4.78, 5) is 10.1. The SMILES string of the molecule is CC(C)C[C@H](N)[C@@H](O)[C@H](F)C(=O)O. The number of rotatable bonds is 5. The molecule has 0 rings (SSSR count). The molecule has 0 saturated heterocycles. The minimum atomic E-state index is -2.30. The number of carbonyl (C=O) groups is 1. The zero-order chi connectivity index (χ0) is 10.6. The van der Waals surface area contributed by atoms with Crippen LogP contribution in [0.2, 0.25) is 0 Å². The van der Waals surface area contributed by atoms with E-state index in [0.29, 0.717) is 6.42 Å². The molecule has 4 N–H and O–H groups in total. The Morgan fingerprint density at radius 1 is 1.54 bits per heavy atom. The van der Waals surface area contributed by atoms with E-state index < -0.39 is 24.3 Å². The van der Waals surface area contributed by atoms with Gasteiger partial charge in [0, 0.05) is 6.04 Å². The van der Waals surface area contributed by atoms with E-state index in [0.717, 1.165) is 0 Å². The monoisotopic (exact) mass is 193 g/mol. The summed E-state index contributed by atoms with van der Waals surface area (Å²) in [5, 5.41) is 17.4. The van der Waals surface area contributed by atoms with Crippen molar-refractivity contribution in [3.63, 3.8) is 0 Å². The van der Waals surface area contributed by atoms with E-state index in [4.69, 9.17) is 15.9 Å². The number of halogens is 1. The molecular weight excluding hydrogens is 177 g/mol. The van der Waals surface area contributed by atoms with Gasteiger partial charge in [-0.3, -0.25) is 0 Å². The summed E-state index contributed by atoms with van der Waals surface area (Å²) in [7, 11) is 0. The second-order valence-electron chi connectivity index (χ2n) is 3.52. The predicted octanol–water partition coefficient (Wildman–Crippen LogP) is 0.143. The number of alkyl halides is 1. The van der Waals surface area contributed by atoms with Gasteiger partial charge in [-0.05, 0) is 12.3 Å². The number of hydrogen-bond donors (Lipinski definition) is 3. The molecule has 0 aromatic heterocycles. The number of aliphatic hydroxyl groups is 1. The highest BCUT2D eigenvalue weighted by Crippen LogP contribution is 2.10. The van der Waals surface area contributed by atoms with Crippen LogP contribution >= 0.6 is 0 Å². The van der Waals surface area contributed by atoms with Crippen LogP contribution in [0.5, 0.6) is 0 Å². The van der Waals surface area contributed by atoms with Crippen molar-refractivity contribution in [2.75, 3.05) is 0 Å². The maximum absolute atomic E-state index is 12.7. The Morgan fingerprint density at radius 3 is 2.31 bits per heavy atom. The molecule has 0 aliphatic carbocycles. The summed E-state index contributed by atoms with van der Waals surface area (Å²) in [6.45, 7) is 3.72. The second kappa shape index (κ2) is 5.14. The fourth-order valence-electron chi connectivity index (χ4n) is 1.05. The van der Waals surface area contributed by atoms with Crippen LogP contribution < -0.4 is 5.73 Å². The van der Waals surface area contributed by atoms with Gasteiger partial charge in [0.25, 0.3) is 0 Å². The number of carboxylic acids is 1. The van der Waals surface area contributed by atoms with Gasteiger partial charge in [-0.25, -0.2) is 9.18 Å². The largest absolute Gasteiger partial charge is 0.479 e. The highest BCUT2D eigenvalue weighted by atomic mass is 19.1. The Balaban J connectivity index is 4.08. The summed E-state index contributed by atoms with van der Waals surface area (Å²) in [6.07, 6.45) is -3.52. The Bertz CT molecular complexity index is 175. The van der Waals surface area contributed by atoms with Crippen molar-refractivity contribution in [1.82, 2.24) is 0 Å². The van der Waals surface area contributed by atoms with Gasteiger partial charge in [-0.15, -0.1) is 0 Å². The molecule has 0 heterocycles. The third-order valence-corrected chi connectivity index (χ3v) is 1.72. The molecule has 0 aliphatic rings. The summed E-state index contributed by atoms with van der Waals surface area (Å²) >= 11 is 0. The lowest BCUT2D eigenvalue weighted by atomic mass is 9.97. The van der Waals surface area contributed by atoms with Crippen LogP contribution in [-0.2, 0) is 4.79 Å². The highest BCUT2D eigenvalue weighted by Gasteiger charge is 2.30. The molecule has 0 bridgehead atoms. The minimum absolute atomic E-state index is 0.200. The van der Waals surface area contributed by atoms with E-state index in [1.54, 1.807) is 0 Å². The Hall–Kier alpha value is -0.680. The van der Waals surface area contributed by atoms with Crippen molar-refractivity contribution in [3.05, 3.63) is 0 Å². The standard InChI is InChI=1S/C8H16FNO3/c1-4(2)3-5(10)7(11)6(9)8(12)13/h4-7,11H,3,10H2,1-2H3,(H,12,13)/t5-,6-,7+/m0/s1. The predicted molar refractivity (Wildman–Crippen MR) is 46.0 cm³/mol. The molecule has 0 aromatic carbocycles. The zero-order valence-electron chi connectivity index (χ0n) is 7.77. The number of hydrogen-bond acceptors (Lipinski definition) is 3. The van der Waals surface area contributed by atoms with Crippen molar-refractivity contribution < 1.29 is 19.4 Å². The first-order chi connectivity index (χ1) is 5.86. The Morgan fingerprint density at radius 2 is 2.00 bits per heavy atom. The van der Waals surface area contributed by atoms with E-state index in [9.17, 15) is 9.18 Å². The quantitative estimate of drug-likeness (QED) is 0.580. The summed E-state index contributed by atoms with van der Waals surface area (Å²) in [5.74, 6) is -1.47. The van der Waals surface area contributed by atoms with Crippen molar-refractivity contribution >= 4 is 5.97 Å². The topological polar surface area (TPSA) is 83.5 Å². The number of carboxylic acid groups (broad SMARTS) is 1. The molecule has 0 aromatic rings. The van der Waals surface area contributed by atoms with Crippen LogP contribution in [0.15, 0.2) is 0 Å². The maximum Gasteiger partial charge on any atom is 0.341 e. The molecule has 78 valence electrons. The maximum atomic E-state index is 12.7. The molecule has 0 spiro atoms. The van der Waals surface area contributed by atoms with E-state index in [1.807, 2.05) is 13.8 Å². The van der Waals surface area contributed by atoms with Crippen molar-refractivity contribution in [1.29, 1.82) is 0 Å². The molecule has 0 fully saturated rings. The lowest BCUT2D eigenvalue weighted by Crippen LogP contribution is -2.45. The minimum Gasteiger partial charge on any atom is -0.479 e. The molecule has 5 heteroatoms. The fourth-order valence-corrected chi connectivity index (χ4v) is 1.05. The van der Waals surface area contributed by atoms with Crippen LogP contribution in [-0.4, -0.2) is 34.5 Å². The van der Waals surface area contributed by atoms with Gasteiger partial charge < -0.3 is 15.9 Å². The summed E-state index contributed by atoms with van der Waals surface area (Å²) in [5.41, 5.74) is 5.40. The van der Waals surface area contributed by atoms with E-state index >= 15 is 0 Å². The third-order valence-electron chi connectivity index (χ3n) is 1.72. The van der Waals surface area contributed by atoms with Gasteiger partial charge in [0.1, 0.15) is 6.10 Å². The van der Waals surface area contributed by atoms with Gasteiger partial charge in [-0.1, -0.05) is 13.8 Å². The van der Waals surface area contributed by atoms with Gasteiger partial charge in [0.2, 0.25) is 6.17 Å². The average Bonchev–Trinajstić information content (AvgIpc) is 2.00. The fraction of sp³-hybridized carbons (Fsp3) is 0.875. The van der Waals surface area contributed by atoms with Crippen LogP contribution in [0, 0.1) is 5.92 Å². The number of aliphatic carboxylic acids is 1. The first-order valence-corrected chi connectivity index (χ1v) is 4.16. The molecule has 4 nitrogen and oxygen atoms in total. The van der Waals surface area contributed by atoms with E-state index in [-0.39, 0.29) is 5.92 Å². The van der Waals surface area contributed by atoms with Crippen LogP contribution in [0.4, 0.5) is 4.39 Å². The normalized spacial score (nSPS) is 18.3. The molecule has 0 radical (unpaired) electrons. The Labute approximate surface area is 76.5 Å². The van der Waals surface area contributed by atoms with Crippen LogP contribution in [0.25, 0.3) is 0 Å². The first-order valence-electron chi connectivity index (χ1n) is 4.16. The van der Waals surface area contributed by atoms with Gasteiger partial charge in [0.15, 0.2) is 0 Å². The van der Waals surface area contributed by atoms with Gasteiger partial charge in [0.05, 0.1) is 0 Å². The lowest BCUT2D eigenvalue weighted by molar-refractivity contribution is -0.147. The summed E-state index contributed by atoms with van der Waals surface area (Å²) in [6, 6.07) is -0.828. The molecule has 13 heavy (non-hydrogen) atoms. The third kappa shape index (κ3) is 4.19. The summed E-state index contributed by atoms with van der Waals surface area (Å²) < 4.78 is 12.7. The van der Waals surface area contributed by atoms with Crippen LogP contribution in [0.3, 0.4) is 0 Å². The second-order valence-corrected chi connectivity index (χ2v) is 3.52. The smallest absolute Gasteiger partial charge is 0.341 e. The van der Waals surface area contributed by atoms with Crippen molar-refractivity contribution in [3.8, 4) is 0 Å². The molecule has 0 aliphatic heterocycles. The van der Waals surface area contributed by atoms with Crippen LogP contribution in [0.1, 0.15) is 20.3 Å². The van der Waals surface area contributed by atoms with E-state index in [2.05, 4.69) is 0 Å². The number of aliphatic hydroxyl groups excluding tert-OH is 1. The van der Waals surface area contributed by atoms with Crippen molar-refractivity contribution in [2.45, 2.75) is 38.6 Å². The zero-order valence-corrected chi connectivity index (χ0v) is 7.77. The lowest BCUT2D eigenvalue weighted by Gasteiger charge is -2.21. The van der Waals surface area contributed by atoms with E-state index in [1.165, 1.54) is 0 Å². The molecular formula is C8H16FNO3. The molecule has 0 unspecified atom stereocenters. The average molecular weight is 193 g/mol. The number of nitrogens with two attached hydrogens (primary N) is 1.